The number of hydrogen-bond donors (Lipinski definition) is 2. The van der Waals surface area contributed by atoms with Gasteiger partial charge in [-0.2, -0.15) is 0 Å². The van der Waals surface area contributed by atoms with E-state index < -0.39 is 12.0 Å². The summed E-state index contributed by atoms with van der Waals surface area (Å²) in [6, 6.07) is 11.0. The van der Waals surface area contributed by atoms with Crippen LogP contribution in [0.15, 0.2) is 53.7 Å². The molecule has 2 N–H and O–H groups in total. The molecule has 1 unspecified atom stereocenters. The number of nitrogens with one attached hydrogen (secondary N) is 2. The van der Waals surface area contributed by atoms with E-state index in [1.807, 2.05) is 6.92 Å². The summed E-state index contributed by atoms with van der Waals surface area (Å²) in [6.45, 7) is 8.01. The molecule has 2 aromatic rings. The monoisotopic (exact) mass is 493 g/mol. The Labute approximate surface area is 210 Å². The van der Waals surface area contributed by atoms with E-state index in [9.17, 15) is 14.4 Å². The van der Waals surface area contributed by atoms with Crippen LogP contribution in [0.4, 0.5) is 10.5 Å². The lowest BCUT2D eigenvalue weighted by Crippen LogP contribution is -2.48. The van der Waals surface area contributed by atoms with E-state index >= 15 is 0 Å². The van der Waals surface area contributed by atoms with E-state index in [4.69, 9.17) is 14.2 Å². The molecule has 2 heterocycles. The molecule has 0 saturated heterocycles. The molecule has 2 aliphatic heterocycles. The van der Waals surface area contributed by atoms with Crippen LogP contribution >= 0.6 is 0 Å². The van der Waals surface area contributed by atoms with Gasteiger partial charge in [0.1, 0.15) is 0 Å². The molecule has 9 heteroatoms. The maximum absolute atomic E-state index is 13.1. The molecule has 2 aromatic carbocycles. The number of rotatable bonds is 8. The molecule has 0 aromatic heterocycles. The zero-order chi connectivity index (χ0) is 25.8. The van der Waals surface area contributed by atoms with Crippen LogP contribution in [-0.2, 0) is 9.53 Å². The Balaban J connectivity index is 1.62. The van der Waals surface area contributed by atoms with Crippen LogP contribution in [0.1, 0.15) is 62.5 Å². The van der Waals surface area contributed by atoms with E-state index in [0.29, 0.717) is 46.1 Å². The smallest absolute Gasteiger partial charge is 0.338 e. The first-order valence-corrected chi connectivity index (χ1v) is 12.1. The molecule has 2 aliphatic rings. The summed E-state index contributed by atoms with van der Waals surface area (Å²) >= 11 is 0. The first kappa shape index (κ1) is 25.1. The average Bonchev–Trinajstić information content (AvgIpc) is 3.31. The van der Waals surface area contributed by atoms with Crippen LogP contribution < -0.4 is 20.1 Å². The van der Waals surface area contributed by atoms with Crippen molar-refractivity contribution in [2.24, 2.45) is 0 Å². The van der Waals surface area contributed by atoms with Gasteiger partial charge in [0.25, 0.3) is 5.91 Å². The van der Waals surface area contributed by atoms with Crippen LogP contribution in [0.2, 0.25) is 0 Å². The third-order valence-corrected chi connectivity index (χ3v) is 6.01. The highest BCUT2D eigenvalue weighted by Gasteiger charge is 2.36. The number of esters is 1. The predicted molar refractivity (Wildman–Crippen MR) is 134 cm³/mol. The minimum absolute atomic E-state index is 0.125. The first-order valence-electron chi connectivity index (χ1n) is 12.1. The van der Waals surface area contributed by atoms with Crippen LogP contribution in [0, 0.1) is 0 Å². The second kappa shape index (κ2) is 10.7. The number of carbonyl (C=O) groups is 3. The highest BCUT2D eigenvalue weighted by Crippen LogP contribution is 2.34. The Bertz CT molecular complexity index is 1210. The van der Waals surface area contributed by atoms with E-state index in [-0.39, 0.29) is 24.8 Å². The molecule has 190 valence electrons. The summed E-state index contributed by atoms with van der Waals surface area (Å²) in [5.74, 6) is 0.305. The summed E-state index contributed by atoms with van der Waals surface area (Å²) in [7, 11) is 0. The van der Waals surface area contributed by atoms with E-state index in [2.05, 4.69) is 10.6 Å². The number of anilines is 1. The topological polar surface area (TPSA) is 106 Å². The summed E-state index contributed by atoms with van der Waals surface area (Å²) in [5.41, 5.74) is 2.53. The van der Waals surface area contributed by atoms with Gasteiger partial charge in [-0.1, -0.05) is 25.5 Å². The number of unbranched alkanes of at least 4 members (excludes halogenated alkanes) is 1. The van der Waals surface area contributed by atoms with Crippen LogP contribution in [0.5, 0.6) is 11.5 Å². The van der Waals surface area contributed by atoms with Gasteiger partial charge in [-0.25, -0.2) is 9.59 Å². The SMILES string of the molecule is CCCCN1C(=O)NC(c2cccc(NC(=O)c3ccc4c(c3)OCO4)c2)C(C(=O)OC(C)C)=C1C. The quantitative estimate of drug-likeness (QED) is 0.514. The summed E-state index contributed by atoms with van der Waals surface area (Å²) in [5, 5.41) is 5.83. The summed E-state index contributed by atoms with van der Waals surface area (Å²) in [4.78, 5) is 40.5. The molecule has 0 saturated carbocycles. The van der Waals surface area contributed by atoms with Crippen molar-refractivity contribution in [3.63, 3.8) is 0 Å². The van der Waals surface area contributed by atoms with Crippen molar-refractivity contribution >= 4 is 23.6 Å². The molecule has 0 spiro atoms. The number of ether oxygens (including phenoxy) is 3. The van der Waals surface area contributed by atoms with Gasteiger partial charge in [0.2, 0.25) is 6.79 Å². The number of nitrogens with zero attached hydrogens (tertiary/aromatic N) is 1. The molecule has 1 atom stereocenters. The van der Waals surface area contributed by atoms with E-state index in [1.165, 1.54) is 0 Å². The van der Waals surface area contributed by atoms with Gasteiger partial charge in [0.05, 0.1) is 17.7 Å². The summed E-state index contributed by atoms with van der Waals surface area (Å²) in [6.07, 6.45) is 1.41. The zero-order valence-corrected chi connectivity index (χ0v) is 20.9. The lowest BCUT2D eigenvalue weighted by Gasteiger charge is -2.35. The van der Waals surface area contributed by atoms with E-state index in [1.54, 1.807) is 68.1 Å². The minimum Gasteiger partial charge on any atom is -0.459 e. The third kappa shape index (κ3) is 5.30. The van der Waals surface area contributed by atoms with Crippen molar-refractivity contribution in [3.05, 3.63) is 64.9 Å². The van der Waals surface area contributed by atoms with Crippen molar-refractivity contribution in [2.75, 3.05) is 18.7 Å². The molecular weight excluding hydrogens is 462 g/mol. The predicted octanol–water partition coefficient (Wildman–Crippen LogP) is 4.76. The largest absolute Gasteiger partial charge is 0.459 e. The number of carbonyl (C=O) groups excluding carboxylic acids is 3. The molecule has 9 nitrogen and oxygen atoms in total. The Morgan fingerprint density at radius 1 is 1.17 bits per heavy atom. The number of urea groups is 1. The second-order valence-electron chi connectivity index (χ2n) is 8.99. The Morgan fingerprint density at radius 2 is 1.94 bits per heavy atom. The van der Waals surface area contributed by atoms with Gasteiger partial charge in [-0.3, -0.25) is 9.69 Å². The minimum atomic E-state index is -0.718. The molecule has 0 bridgehead atoms. The first-order chi connectivity index (χ1) is 17.3. The molecular formula is C27H31N3O6. The Hall–Kier alpha value is -4.01. The van der Waals surface area contributed by atoms with Gasteiger partial charge in [-0.05, 0) is 63.1 Å². The molecule has 36 heavy (non-hydrogen) atoms. The van der Waals surface area contributed by atoms with Gasteiger partial charge >= 0.3 is 12.0 Å². The molecule has 0 radical (unpaired) electrons. The molecule has 3 amide bonds. The van der Waals surface area contributed by atoms with Crippen LogP contribution in [-0.4, -0.2) is 42.2 Å². The molecule has 4 rings (SSSR count). The van der Waals surface area contributed by atoms with Crippen LogP contribution in [0.25, 0.3) is 0 Å². The lowest BCUT2D eigenvalue weighted by molar-refractivity contribution is -0.143. The lowest BCUT2D eigenvalue weighted by atomic mass is 9.94. The highest BCUT2D eigenvalue weighted by molar-refractivity contribution is 6.04. The van der Waals surface area contributed by atoms with E-state index in [0.717, 1.165) is 12.8 Å². The Kier molecular flexibility index (Phi) is 7.47. The van der Waals surface area contributed by atoms with Crippen LogP contribution in [0.3, 0.4) is 0 Å². The number of benzene rings is 2. The summed E-state index contributed by atoms with van der Waals surface area (Å²) < 4.78 is 16.2. The van der Waals surface area contributed by atoms with Gasteiger partial charge < -0.3 is 24.8 Å². The normalized spacial score (nSPS) is 16.8. The van der Waals surface area contributed by atoms with Gasteiger partial charge in [-0.15, -0.1) is 0 Å². The van der Waals surface area contributed by atoms with Crippen molar-refractivity contribution in [1.82, 2.24) is 10.2 Å². The fourth-order valence-corrected chi connectivity index (χ4v) is 4.20. The third-order valence-electron chi connectivity index (χ3n) is 6.01. The van der Waals surface area contributed by atoms with Gasteiger partial charge in [0.15, 0.2) is 11.5 Å². The highest BCUT2D eigenvalue weighted by atomic mass is 16.7. The fraction of sp³-hybridized carbons (Fsp3) is 0.370. The van der Waals surface area contributed by atoms with Crippen molar-refractivity contribution in [1.29, 1.82) is 0 Å². The number of fused-ring (bicyclic) bond motifs is 1. The number of amides is 3. The fourth-order valence-electron chi connectivity index (χ4n) is 4.20. The Morgan fingerprint density at radius 3 is 2.69 bits per heavy atom. The average molecular weight is 494 g/mol. The standard InChI is InChI=1S/C27H31N3O6/c1-5-6-12-30-17(4)23(26(32)36-16(2)3)24(29-27(30)33)18-8-7-9-20(13-18)28-25(31)19-10-11-21-22(14-19)35-15-34-21/h7-11,13-14,16,24H,5-6,12,15H2,1-4H3,(H,28,31)(H,29,33). The van der Waals surface area contributed by atoms with Crippen molar-refractivity contribution < 1.29 is 28.6 Å². The maximum atomic E-state index is 13.1. The zero-order valence-electron chi connectivity index (χ0n) is 20.9. The molecule has 0 aliphatic carbocycles. The molecule has 0 fully saturated rings. The van der Waals surface area contributed by atoms with Gasteiger partial charge in [0, 0.05) is 23.5 Å². The second-order valence-corrected chi connectivity index (χ2v) is 8.99. The van der Waals surface area contributed by atoms with Crippen molar-refractivity contribution in [2.45, 2.75) is 52.7 Å². The number of hydrogen-bond acceptors (Lipinski definition) is 6. The number of allylic oxidation sites excluding steroid dienone is 1. The maximum Gasteiger partial charge on any atom is 0.338 e. The van der Waals surface area contributed by atoms with Crippen molar-refractivity contribution in [3.8, 4) is 11.5 Å².